The lowest BCUT2D eigenvalue weighted by atomic mass is 10.1. The third-order valence-corrected chi connectivity index (χ3v) is 2.80. The quantitative estimate of drug-likeness (QED) is 0.650. The fraction of sp³-hybridized carbons (Fsp3) is 0.818. The van der Waals surface area contributed by atoms with Crippen molar-refractivity contribution in [2.75, 3.05) is 26.7 Å². The lowest BCUT2D eigenvalue weighted by Crippen LogP contribution is -2.28. The van der Waals surface area contributed by atoms with Gasteiger partial charge >= 0.3 is 0 Å². The van der Waals surface area contributed by atoms with Gasteiger partial charge in [0.15, 0.2) is 0 Å². The van der Waals surface area contributed by atoms with Crippen LogP contribution in [0.5, 0.6) is 0 Å². The molecule has 1 rings (SSSR count). The van der Waals surface area contributed by atoms with Gasteiger partial charge in [0.25, 0.3) is 0 Å². The summed E-state index contributed by atoms with van der Waals surface area (Å²) in [5, 5.41) is 3.12. The smallest absolute Gasteiger partial charge is 0.0131 e. The summed E-state index contributed by atoms with van der Waals surface area (Å²) in [4.78, 5) is 2.59. The van der Waals surface area contributed by atoms with Gasteiger partial charge in [-0.2, -0.15) is 0 Å². The zero-order valence-corrected chi connectivity index (χ0v) is 8.92. The van der Waals surface area contributed by atoms with Crippen molar-refractivity contribution in [3.8, 4) is 0 Å². The van der Waals surface area contributed by atoms with Gasteiger partial charge < -0.3 is 10.2 Å². The monoisotopic (exact) mass is 182 g/mol. The van der Waals surface area contributed by atoms with E-state index in [9.17, 15) is 0 Å². The molecule has 1 aliphatic rings. The van der Waals surface area contributed by atoms with E-state index >= 15 is 0 Å². The maximum atomic E-state index is 3.12. The number of nitrogens with one attached hydrogen (secondary N) is 1. The van der Waals surface area contributed by atoms with Crippen LogP contribution in [0.1, 0.15) is 26.2 Å². The second kappa shape index (κ2) is 6.17. The minimum Gasteiger partial charge on any atom is -0.316 e. The van der Waals surface area contributed by atoms with Gasteiger partial charge in [-0.15, -0.1) is 0 Å². The molecule has 1 saturated heterocycles. The molecule has 1 heterocycles. The average Bonchev–Trinajstić information content (AvgIpc) is 2.60. The van der Waals surface area contributed by atoms with Gasteiger partial charge in [0, 0.05) is 12.6 Å². The normalized spacial score (nSPS) is 24.6. The number of likely N-dealkylation sites (N-methyl/N-ethyl adjacent to an activating group) is 1. The van der Waals surface area contributed by atoms with Crippen molar-refractivity contribution in [3.05, 3.63) is 12.2 Å². The highest BCUT2D eigenvalue weighted by molar-refractivity contribution is 4.90. The molecule has 0 aromatic rings. The van der Waals surface area contributed by atoms with E-state index in [2.05, 4.69) is 29.3 Å². The topological polar surface area (TPSA) is 15.3 Å². The van der Waals surface area contributed by atoms with Crippen LogP contribution in [0.25, 0.3) is 0 Å². The molecule has 0 bridgehead atoms. The molecule has 0 saturated carbocycles. The Morgan fingerprint density at radius 2 is 2.31 bits per heavy atom. The van der Waals surface area contributed by atoms with Crippen LogP contribution in [-0.4, -0.2) is 37.6 Å². The van der Waals surface area contributed by atoms with E-state index in [-0.39, 0.29) is 0 Å². The van der Waals surface area contributed by atoms with Gasteiger partial charge in [-0.3, -0.25) is 0 Å². The first-order valence-corrected chi connectivity index (χ1v) is 5.42. The van der Waals surface area contributed by atoms with Gasteiger partial charge in [-0.05, 0) is 39.4 Å². The lowest BCUT2D eigenvalue weighted by molar-refractivity contribution is 0.269. The first-order chi connectivity index (χ1) is 6.38. The molecule has 76 valence electrons. The summed E-state index contributed by atoms with van der Waals surface area (Å²) >= 11 is 0. The lowest BCUT2D eigenvalue weighted by Gasteiger charge is -2.21. The molecule has 0 amide bonds. The standard InChI is InChI=1S/C11H22N2/c1-3-13-10-6-8-11(13)7-4-5-9-12-2/h4-5,11-12H,3,6-10H2,1-2H3/b5-4-. The predicted octanol–water partition coefficient (Wildman–Crippen LogP) is 1.64. The summed E-state index contributed by atoms with van der Waals surface area (Å²) in [6, 6.07) is 0.818. The summed E-state index contributed by atoms with van der Waals surface area (Å²) in [5.41, 5.74) is 0. The molecule has 2 nitrogen and oxygen atoms in total. The Balaban J connectivity index is 2.19. The van der Waals surface area contributed by atoms with Gasteiger partial charge in [0.05, 0.1) is 0 Å². The van der Waals surface area contributed by atoms with Crippen molar-refractivity contribution < 1.29 is 0 Å². The van der Waals surface area contributed by atoms with Crippen molar-refractivity contribution in [2.24, 2.45) is 0 Å². The number of likely N-dealkylation sites (tertiary alicyclic amines) is 1. The molecule has 0 aromatic heterocycles. The molecule has 13 heavy (non-hydrogen) atoms. The molecular formula is C11H22N2. The van der Waals surface area contributed by atoms with E-state index in [1.54, 1.807) is 0 Å². The van der Waals surface area contributed by atoms with Crippen LogP contribution in [0.4, 0.5) is 0 Å². The Bertz CT molecular complexity index is 154. The molecule has 1 N–H and O–H groups in total. The van der Waals surface area contributed by atoms with E-state index < -0.39 is 0 Å². The number of hydrogen-bond acceptors (Lipinski definition) is 2. The van der Waals surface area contributed by atoms with Gasteiger partial charge in [-0.25, -0.2) is 0 Å². The fourth-order valence-corrected chi connectivity index (χ4v) is 2.03. The van der Waals surface area contributed by atoms with Crippen molar-refractivity contribution >= 4 is 0 Å². The summed E-state index contributed by atoms with van der Waals surface area (Å²) in [5.74, 6) is 0. The Kier molecular flexibility index (Phi) is 5.09. The van der Waals surface area contributed by atoms with Crippen molar-refractivity contribution in [2.45, 2.75) is 32.2 Å². The van der Waals surface area contributed by atoms with Crippen LogP contribution < -0.4 is 5.32 Å². The largest absolute Gasteiger partial charge is 0.316 e. The van der Waals surface area contributed by atoms with E-state index in [4.69, 9.17) is 0 Å². The van der Waals surface area contributed by atoms with Crippen molar-refractivity contribution in [1.82, 2.24) is 10.2 Å². The Labute approximate surface area is 82.0 Å². The molecule has 0 spiro atoms. The molecule has 1 aliphatic heterocycles. The number of rotatable bonds is 5. The van der Waals surface area contributed by atoms with Crippen molar-refractivity contribution in [1.29, 1.82) is 0 Å². The maximum Gasteiger partial charge on any atom is 0.0131 e. The highest BCUT2D eigenvalue weighted by atomic mass is 15.2. The first kappa shape index (κ1) is 10.7. The van der Waals surface area contributed by atoms with Crippen molar-refractivity contribution in [3.63, 3.8) is 0 Å². The van der Waals surface area contributed by atoms with Gasteiger partial charge in [0.1, 0.15) is 0 Å². The SMILES string of the molecule is CCN1CCCC1C/C=C\CNC. The molecule has 1 atom stereocenters. The van der Waals surface area contributed by atoms with Gasteiger partial charge in [-0.1, -0.05) is 19.1 Å². The van der Waals surface area contributed by atoms with E-state index in [0.29, 0.717) is 0 Å². The zero-order chi connectivity index (χ0) is 9.52. The summed E-state index contributed by atoms with van der Waals surface area (Å²) in [6.45, 7) is 5.78. The predicted molar refractivity (Wildman–Crippen MR) is 58.0 cm³/mol. The van der Waals surface area contributed by atoms with E-state index in [1.807, 2.05) is 7.05 Å². The number of hydrogen-bond donors (Lipinski definition) is 1. The molecule has 0 aliphatic carbocycles. The molecule has 1 fully saturated rings. The second-order valence-corrected chi connectivity index (χ2v) is 3.69. The average molecular weight is 182 g/mol. The van der Waals surface area contributed by atoms with E-state index in [1.165, 1.54) is 32.4 Å². The van der Waals surface area contributed by atoms with Crippen LogP contribution in [0.2, 0.25) is 0 Å². The Hall–Kier alpha value is -0.340. The molecule has 2 heteroatoms. The molecular weight excluding hydrogens is 160 g/mol. The zero-order valence-electron chi connectivity index (χ0n) is 8.92. The second-order valence-electron chi connectivity index (χ2n) is 3.69. The Morgan fingerprint density at radius 3 is 3.00 bits per heavy atom. The van der Waals surface area contributed by atoms with Gasteiger partial charge in [0.2, 0.25) is 0 Å². The fourth-order valence-electron chi connectivity index (χ4n) is 2.03. The highest BCUT2D eigenvalue weighted by Crippen LogP contribution is 2.19. The highest BCUT2D eigenvalue weighted by Gasteiger charge is 2.20. The minimum absolute atomic E-state index is 0.818. The minimum atomic E-state index is 0.818. The number of nitrogens with zero attached hydrogens (tertiary/aromatic N) is 1. The van der Waals surface area contributed by atoms with E-state index in [0.717, 1.165) is 12.6 Å². The maximum absolute atomic E-state index is 3.12. The van der Waals surface area contributed by atoms with Crippen LogP contribution in [-0.2, 0) is 0 Å². The summed E-state index contributed by atoms with van der Waals surface area (Å²) in [6.07, 6.45) is 8.55. The first-order valence-electron chi connectivity index (χ1n) is 5.42. The Morgan fingerprint density at radius 1 is 1.46 bits per heavy atom. The van der Waals surface area contributed by atoms with Crippen LogP contribution >= 0.6 is 0 Å². The molecule has 0 aromatic carbocycles. The van der Waals surface area contributed by atoms with Crippen LogP contribution in [0.3, 0.4) is 0 Å². The molecule has 1 unspecified atom stereocenters. The summed E-state index contributed by atoms with van der Waals surface area (Å²) in [7, 11) is 1.98. The summed E-state index contributed by atoms with van der Waals surface area (Å²) < 4.78 is 0. The van der Waals surface area contributed by atoms with Crippen LogP contribution in [0, 0.1) is 0 Å². The molecule has 0 radical (unpaired) electrons. The third-order valence-electron chi connectivity index (χ3n) is 2.80. The van der Waals surface area contributed by atoms with Crippen LogP contribution in [0.15, 0.2) is 12.2 Å². The third kappa shape index (κ3) is 3.49.